The molecule has 1 atom stereocenters. The summed E-state index contributed by atoms with van der Waals surface area (Å²) in [6.07, 6.45) is 7.42. The minimum atomic E-state index is -0.679. The molecule has 5 amide bonds. The average Bonchev–Trinajstić information content (AvgIpc) is 3.80. The van der Waals surface area contributed by atoms with E-state index >= 15 is 0 Å². The fraction of sp³-hybridized carbons (Fsp3) is 0.394. The summed E-state index contributed by atoms with van der Waals surface area (Å²) in [5.74, 6) is -1.42. The minimum Gasteiger partial charge on any atom is -0.371 e. The molecule has 4 N–H and O–H groups in total. The Hall–Kier alpha value is -5.64. The molecule has 0 radical (unpaired) electrons. The van der Waals surface area contributed by atoms with Crippen LogP contribution < -0.4 is 21.3 Å². The minimum absolute atomic E-state index is 0.0490. The van der Waals surface area contributed by atoms with E-state index in [-0.39, 0.29) is 41.4 Å². The molecule has 7 heterocycles. The Bertz CT molecular complexity index is 2010. The van der Waals surface area contributed by atoms with Crippen molar-refractivity contribution < 1.29 is 24.0 Å². The molecule has 16 heteroatoms. The van der Waals surface area contributed by atoms with Gasteiger partial charge in [0.1, 0.15) is 17.3 Å². The Morgan fingerprint density at radius 2 is 1.84 bits per heavy atom. The number of carbonyl (C=O) groups excluding carboxylic acids is 5. The van der Waals surface area contributed by atoms with Crippen LogP contribution in [0.3, 0.4) is 0 Å². The first kappa shape index (κ1) is 30.7. The highest BCUT2D eigenvalue weighted by molar-refractivity contribution is 6.07. The lowest BCUT2D eigenvalue weighted by atomic mass is 9.93. The van der Waals surface area contributed by atoms with Crippen molar-refractivity contribution in [1.29, 1.82) is 0 Å². The number of nitrogens with one attached hydrogen (secondary N) is 2. The van der Waals surface area contributed by atoms with Crippen molar-refractivity contribution in [3.8, 4) is 0 Å². The monoisotopic (exact) mass is 665 g/mol. The van der Waals surface area contributed by atoms with Gasteiger partial charge in [-0.25, -0.2) is 9.50 Å². The highest BCUT2D eigenvalue weighted by atomic mass is 16.2. The van der Waals surface area contributed by atoms with Crippen LogP contribution >= 0.6 is 0 Å². The number of fused-ring (bicyclic) bond motifs is 2. The number of benzene rings is 1. The molecule has 16 nitrogen and oxygen atoms in total. The summed E-state index contributed by atoms with van der Waals surface area (Å²) in [5, 5.41) is 13.8. The third-order valence-corrected chi connectivity index (χ3v) is 10.0. The lowest BCUT2D eigenvalue weighted by molar-refractivity contribution is -0.136. The molecule has 4 aliphatic heterocycles. The summed E-state index contributed by atoms with van der Waals surface area (Å²) in [6.45, 7) is 4.60. The number of nitrogens with two attached hydrogens (primary N) is 1. The molecule has 0 saturated carbocycles. The molecular weight excluding hydrogens is 630 g/mol. The number of nitrogens with zero attached hydrogens (tertiary/aromatic N) is 8. The van der Waals surface area contributed by atoms with E-state index in [0.29, 0.717) is 30.1 Å². The Morgan fingerprint density at radius 1 is 1.02 bits per heavy atom. The first-order chi connectivity index (χ1) is 23.7. The molecule has 4 aromatic rings. The van der Waals surface area contributed by atoms with E-state index < -0.39 is 23.8 Å². The van der Waals surface area contributed by atoms with Crippen LogP contribution in [0.2, 0.25) is 0 Å². The van der Waals surface area contributed by atoms with Gasteiger partial charge in [0.05, 0.1) is 6.04 Å². The first-order valence-electron chi connectivity index (χ1n) is 16.5. The second kappa shape index (κ2) is 12.1. The van der Waals surface area contributed by atoms with Crippen LogP contribution in [0.4, 0.5) is 11.5 Å². The summed E-state index contributed by atoms with van der Waals surface area (Å²) in [6, 6.07) is 8.64. The van der Waals surface area contributed by atoms with Crippen LogP contribution in [0.15, 0.2) is 48.9 Å². The van der Waals surface area contributed by atoms with Gasteiger partial charge in [0, 0.05) is 75.5 Å². The van der Waals surface area contributed by atoms with Gasteiger partial charge in [-0.3, -0.25) is 38.9 Å². The number of imidazole rings is 1. The van der Waals surface area contributed by atoms with Crippen molar-refractivity contribution in [3.05, 3.63) is 71.3 Å². The maximum absolute atomic E-state index is 13.3. The Labute approximate surface area is 280 Å². The van der Waals surface area contributed by atoms with Crippen molar-refractivity contribution in [2.75, 3.05) is 42.9 Å². The number of hydrogen-bond donors (Lipinski definition) is 3. The molecule has 8 rings (SSSR count). The summed E-state index contributed by atoms with van der Waals surface area (Å²) < 4.78 is 3.20. The SMILES string of the molecule is NC(=O)c1cn(C2CN(CC3CCN(c4ccc5c(c4)C(=O)N(C4CCC(=O)NC4=O)C5)CC3)C2)nc1NC(=O)c1ccc2nccn2n1. The lowest BCUT2D eigenvalue weighted by Crippen LogP contribution is -2.52. The highest BCUT2D eigenvalue weighted by Gasteiger charge is 2.39. The predicted octanol–water partition coefficient (Wildman–Crippen LogP) is 0.811. The zero-order chi connectivity index (χ0) is 33.8. The van der Waals surface area contributed by atoms with Gasteiger partial charge in [0.25, 0.3) is 17.7 Å². The van der Waals surface area contributed by atoms with E-state index in [2.05, 4.69) is 41.7 Å². The van der Waals surface area contributed by atoms with E-state index in [1.807, 2.05) is 12.1 Å². The maximum atomic E-state index is 13.3. The Morgan fingerprint density at radius 3 is 2.61 bits per heavy atom. The average molecular weight is 666 g/mol. The highest BCUT2D eigenvalue weighted by Crippen LogP contribution is 2.33. The second-order valence-electron chi connectivity index (χ2n) is 13.2. The zero-order valence-corrected chi connectivity index (χ0v) is 26.6. The maximum Gasteiger partial charge on any atom is 0.277 e. The fourth-order valence-electron chi connectivity index (χ4n) is 7.30. The summed E-state index contributed by atoms with van der Waals surface area (Å²) in [4.78, 5) is 72.7. The molecule has 0 bridgehead atoms. The molecule has 0 aliphatic carbocycles. The molecular formula is C33H35N11O5. The van der Waals surface area contributed by atoms with E-state index in [1.165, 1.54) is 4.52 Å². The number of anilines is 2. The van der Waals surface area contributed by atoms with E-state index in [9.17, 15) is 24.0 Å². The Kier molecular flexibility index (Phi) is 7.58. The van der Waals surface area contributed by atoms with Gasteiger partial charge in [-0.1, -0.05) is 6.07 Å². The van der Waals surface area contributed by atoms with Gasteiger partial charge >= 0.3 is 0 Å². The van der Waals surface area contributed by atoms with Crippen molar-refractivity contribution in [3.63, 3.8) is 0 Å². The van der Waals surface area contributed by atoms with Gasteiger partial charge in [-0.15, -0.1) is 0 Å². The predicted molar refractivity (Wildman–Crippen MR) is 175 cm³/mol. The normalized spacial score (nSPS) is 20.4. The van der Waals surface area contributed by atoms with Gasteiger partial charge in [0.15, 0.2) is 11.5 Å². The summed E-state index contributed by atoms with van der Waals surface area (Å²) in [5.41, 5.74) is 9.05. The van der Waals surface area contributed by atoms with E-state index in [0.717, 1.165) is 56.8 Å². The van der Waals surface area contributed by atoms with Gasteiger partial charge < -0.3 is 20.9 Å². The lowest BCUT2D eigenvalue weighted by Gasteiger charge is -2.43. The van der Waals surface area contributed by atoms with Crippen LogP contribution in [0.1, 0.15) is 68.5 Å². The van der Waals surface area contributed by atoms with Crippen LogP contribution in [-0.4, -0.2) is 102 Å². The van der Waals surface area contributed by atoms with Crippen LogP contribution in [0.5, 0.6) is 0 Å². The number of amides is 5. The van der Waals surface area contributed by atoms with E-state index in [1.54, 1.807) is 40.3 Å². The second-order valence-corrected chi connectivity index (χ2v) is 13.2. The number of aromatic nitrogens is 5. The molecule has 252 valence electrons. The standard InChI is InChI=1S/C33H35N11O5/c34-29(46)24-18-44(39-30(24)37-31(47)25-3-5-27-35-9-12-43(27)38-25)22-16-40(17-22)14-19-7-10-41(11-8-19)21-2-1-20-15-42(33(49)23(20)13-21)26-4-6-28(45)36-32(26)48/h1-3,5,9,12-13,18-19,22,26H,4,6-8,10-11,14-17H2,(H2,34,46)(H,36,45,48)(H,37,39,47). The van der Waals surface area contributed by atoms with Crippen molar-refractivity contribution in [2.45, 2.75) is 44.3 Å². The van der Waals surface area contributed by atoms with Crippen molar-refractivity contribution in [2.24, 2.45) is 11.7 Å². The van der Waals surface area contributed by atoms with E-state index in [4.69, 9.17) is 5.73 Å². The van der Waals surface area contributed by atoms with Gasteiger partial charge in [-0.05, 0) is 55.0 Å². The molecule has 3 aromatic heterocycles. The van der Waals surface area contributed by atoms with Crippen LogP contribution in [-0.2, 0) is 16.1 Å². The number of carbonyl (C=O) groups is 5. The molecule has 4 aliphatic rings. The summed E-state index contributed by atoms with van der Waals surface area (Å²) in [7, 11) is 0. The number of rotatable bonds is 8. The van der Waals surface area contributed by atoms with Gasteiger partial charge in [-0.2, -0.15) is 10.2 Å². The topological polar surface area (TPSA) is 193 Å². The Balaban J connectivity index is 0.835. The van der Waals surface area contributed by atoms with Crippen LogP contribution in [0, 0.1) is 5.92 Å². The number of likely N-dealkylation sites (tertiary alicyclic amines) is 1. The number of hydrogen-bond acceptors (Lipinski definition) is 10. The number of imide groups is 1. The fourth-order valence-corrected chi connectivity index (χ4v) is 7.30. The van der Waals surface area contributed by atoms with Crippen molar-refractivity contribution in [1.82, 2.24) is 39.5 Å². The molecule has 1 unspecified atom stereocenters. The summed E-state index contributed by atoms with van der Waals surface area (Å²) >= 11 is 0. The number of piperidine rings is 2. The first-order valence-corrected chi connectivity index (χ1v) is 16.5. The third kappa shape index (κ3) is 5.77. The van der Waals surface area contributed by atoms with Crippen molar-refractivity contribution >= 4 is 46.7 Å². The van der Waals surface area contributed by atoms with Crippen LogP contribution in [0.25, 0.3) is 5.65 Å². The quantitative estimate of drug-likeness (QED) is 0.227. The molecule has 1 aromatic carbocycles. The number of primary amides is 1. The smallest absolute Gasteiger partial charge is 0.277 e. The van der Waals surface area contributed by atoms with Gasteiger partial charge in [0.2, 0.25) is 11.8 Å². The molecule has 0 spiro atoms. The third-order valence-electron chi connectivity index (χ3n) is 10.0. The molecule has 49 heavy (non-hydrogen) atoms. The largest absolute Gasteiger partial charge is 0.371 e. The molecule has 3 fully saturated rings. The zero-order valence-electron chi connectivity index (χ0n) is 26.6. The molecule has 3 saturated heterocycles.